The Balaban J connectivity index is 1.79. The fourth-order valence-corrected chi connectivity index (χ4v) is 1.63. The predicted molar refractivity (Wildman–Crippen MR) is 54.0 cm³/mol. The maximum absolute atomic E-state index is 5.29. The van der Waals surface area contributed by atoms with Gasteiger partial charge in [-0.15, -0.1) is 0 Å². The molecule has 0 aromatic carbocycles. The summed E-state index contributed by atoms with van der Waals surface area (Å²) < 4.78 is 7.24. The van der Waals surface area contributed by atoms with Gasteiger partial charge in [0.15, 0.2) is 0 Å². The van der Waals surface area contributed by atoms with E-state index in [1.54, 1.807) is 0 Å². The zero-order chi connectivity index (χ0) is 9.80. The van der Waals surface area contributed by atoms with Crippen LogP contribution in [-0.2, 0) is 17.8 Å². The van der Waals surface area contributed by atoms with Crippen molar-refractivity contribution in [1.29, 1.82) is 0 Å². The lowest BCUT2D eigenvalue weighted by Crippen LogP contribution is -2.28. The minimum atomic E-state index is 0.528. The maximum atomic E-state index is 5.29. The van der Waals surface area contributed by atoms with E-state index in [9.17, 15) is 0 Å². The van der Waals surface area contributed by atoms with Crippen LogP contribution in [0.3, 0.4) is 0 Å². The van der Waals surface area contributed by atoms with Gasteiger partial charge in [-0.1, -0.05) is 0 Å². The Kier molecular flexibility index (Phi) is 3.16. The Morgan fingerprint density at radius 3 is 3.29 bits per heavy atom. The van der Waals surface area contributed by atoms with Crippen LogP contribution in [0.1, 0.15) is 18.9 Å². The van der Waals surface area contributed by atoms with Gasteiger partial charge in [-0.3, -0.25) is 4.68 Å². The molecule has 1 atom stereocenters. The highest BCUT2D eigenvalue weighted by Crippen LogP contribution is 2.05. The summed E-state index contributed by atoms with van der Waals surface area (Å²) in [5.41, 5.74) is 1.25. The summed E-state index contributed by atoms with van der Waals surface area (Å²) in [6, 6.07) is 0.528. The van der Waals surface area contributed by atoms with E-state index in [1.165, 1.54) is 5.56 Å². The van der Waals surface area contributed by atoms with Crippen LogP contribution >= 0.6 is 0 Å². The number of rotatable bonds is 4. The first kappa shape index (κ1) is 9.68. The van der Waals surface area contributed by atoms with Crippen LogP contribution in [0, 0.1) is 0 Å². The Bertz CT molecular complexity index is 279. The molecule has 1 aromatic heterocycles. The summed E-state index contributed by atoms with van der Waals surface area (Å²) in [6.07, 6.45) is 5.14. The second kappa shape index (κ2) is 4.57. The molecule has 1 fully saturated rings. The molecule has 1 N–H and O–H groups in total. The molecule has 1 unspecified atom stereocenters. The molecule has 1 saturated heterocycles. The van der Waals surface area contributed by atoms with Crippen LogP contribution in [-0.4, -0.2) is 29.0 Å². The van der Waals surface area contributed by atoms with Crippen molar-refractivity contribution in [3.63, 3.8) is 0 Å². The monoisotopic (exact) mass is 195 g/mol. The van der Waals surface area contributed by atoms with Gasteiger partial charge in [0, 0.05) is 37.5 Å². The SMILES string of the molecule is CCn1cc(CNC2CCOC2)cn1. The number of hydrogen-bond donors (Lipinski definition) is 1. The standard InChI is InChI=1S/C10H17N3O/c1-2-13-7-9(6-12-13)5-11-10-3-4-14-8-10/h6-7,10-11H,2-5,8H2,1H3. The van der Waals surface area contributed by atoms with Gasteiger partial charge in [-0.05, 0) is 13.3 Å². The van der Waals surface area contributed by atoms with Crippen molar-refractivity contribution >= 4 is 0 Å². The van der Waals surface area contributed by atoms with Crippen LogP contribution in [0.15, 0.2) is 12.4 Å². The third kappa shape index (κ3) is 2.33. The maximum Gasteiger partial charge on any atom is 0.0620 e. The quantitative estimate of drug-likeness (QED) is 0.771. The molecule has 0 amide bonds. The van der Waals surface area contributed by atoms with Crippen molar-refractivity contribution in [3.8, 4) is 0 Å². The van der Waals surface area contributed by atoms with Crippen LogP contribution in [0.2, 0.25) is 0 Å². The van der Waals surface area contributed by atoms with E-state index in [0.29, 0.717) is 6.04 Å². The first-order valence-corrected chi connectivity index (χ1v) is 5.21. The zero-order valence-corrected chi connectivity index (χ0v) is 8.57. The molecular formula is C10H17N3O. The summed E-state index contributed by atoms with van der Waals surface area (Å²) >= 11 is 0. The van der Waals surface area contributed by atoms with Crippen molar-refractivity contribution in [2.45, 2.75) is 32.5 Å². The Morgan fingerprint density at radius 2 is 2.64 bits per heavy atom. The molecule has 0 radical (unpaired) electrons. The van der Waals surface area contributed by atoms with Gasteiger partial charge < -0.3 is 10.1 Å². The number of nitrogens with zero attached hydrogens (tertiary/aromatic N) is 2. The molecule has 2 rings (SSSR count). The zero-order valence-electron chi connectivity index (χ0n) is 8.57. The molecule has 0 saturated carbocycles. The first-order valence-electron chi connectivity index (χ1n) is 5.21. The molecule has 4 nitrogen and oxygen atoms in total. The summed E-state index contributed by atoms with van der Waals surface area (Å²) in [4.78, 5) is 0. The Hall–Kier alpha value is -0.870. The summed E-state index contributed by atoms with van der Waals surface area (Å²) in [7, 11) is 0. The van der Waals surface area contributed by atoms with Crippen LogP contribution < -0.4 is 5.32 Å². The molecule has 14 heavy (non-hydrogen) atoms. The molecule has 78 valence electrons. The van der Waals surface area contributed by atoms with Gasteiger partial charge in [0.1, 0.15) is 0 Å². The molecule has 0 aliphatic carbocycles. The first-order chi connectivity index (χ1) is 6.88. The average molecular weight is 195 g/mol. The van der Waals surface area contributed by atoms with E-state index in [1.807, 2.05) is 10.9 Å². The minimum absolute atomic E-state index is 0.528. The fourth-order valence-electron chi connectivity index (χ4n) is 1.63. The smallest absolute Gasteiger partial charge is 0.0620 e. The third-order valence-electron chi connectivity index (χ3n) is 2.54. The van der Waals surface area contributed by atoms with E-state index in [0.717, 1.165) is 32.7 Å². The number of nitrogens with one attached hydrogen (secondary N) is 1. The molecule has 2 heterocycles. The van der Waals surface area contributed by atoms with Crippen molar-refractivity contribution in [2.75, 3.05) is 13.2 Å². The second-order valence-electron chi connectivity index (χ2n) is 3.65. The van der Waals surface area contributed by atoms with E-state index in [4.69, 9.17) is 4.74 Å². The average Bonchev–Trinajstić information content (AvgIpc) is 2.86. The van der Waals surface area contributed by atoms with Crippen molar-refractivity contribution in [1.82, 2.24) is 15.1 Å². The molecule has 4 heteroatoms. The molecule has 1 aromatic rings. The Morgan fingerprint density at radius 1 is 1.71 bits per heavy atom. The highest BCUT2D eigenvalue weighted by molar-refractivity contribution is 5.03. The second-order valence-corrected chi connectivity index (χ2v) is 3.65. The van der Waals surface area contributed by atoms with Crippen molar-refractivity contribution in [2.24, 2.45) is 0 Å². The van der Waals surface area contributed by atoms with Gasteiger partial charge in [0.05, 0.1) is 12.8 Å². The third-order valence-corrected chi connectivity index (χ3v) is 2.54. The Labute approximate surface area is 84.3 Å². The molecule has 1 aliphatic heterocycles. The number of aromatic nitrogens is 2. The van der Waals surface area contributed by atoms with Gasteiger partial charge in [-0.25, -0.2) is 0 Å². The number of hydrogen-bond acceptors (Lipinski definition) is 3. The molecule has 1 aliphatic rings. The molecular weight excluding hydrogens is 178 g/mol. The molecule has 0 spiro atoms. The lowest BCUT2D eigenvalue weighted by molar-refractivity contribution is 0.190. The fraction of sp³-hybridized carbons (Fsp3) is 0.700. The van der Waals surface area contributed by atoms with Gasteiger partial charge >= 0.3 is 0 Å². The molecule has 0 bridgehead atoms. The van der Waals surface area contributed by atoms with E-state index < -0.39 is 0 Å². The van der Waals surface area contributed by atoms with E-state index in [-0.39, 0.29) is 0 Å². The van der Waals surface area contributed by atoms with Crippen LogP contribution in [0.4, 0.5) is 0 Å². The minimum Gasteiger partial charge on any atom is -0.380 e. The largest absolute Gasteiger partial charge is 0.380 e. The lowest BCUT2D eigenvalue weighted by atomic mass is 10.2. The highest BCUT2D eigenvalue weighted by atomic mass is 16.5. The lowest BCUT2D eigenvalue weighted by Gasteiger charge is -2.08. The van der Waals surface area contributed by atoms with Crippen molar-refractivity contribution in [3.05, 3.63) is 18.0 Å². The number of aryl methyl sites for hydroxylation is 1. The van der Waals surface area contributed by atoms with Gasteiger partial charge in [0.25, 0.3) is 0 Å². The van der Waals surface area contributed by atoms with E-state index >= 15 is 0 Å². The predicted octanol–water partition coefficient (Wildman–Crippen LogP) is 0.781. The van der Waals surface area contributed by atoms with Crippen molar-refractivity contribution < 1.29 is 4.74 Å². The van der Waals surface area contributed by atoms with Gasteiger partial charge in [-0.2, -0.15) is 5.10 Å². The van der Waals surface area contributed by atoms with Crippen LogP contribution in [0.5, 0.6) is 0 Å². The summed E-state index contributed by atoms with van der Waals surface area (Å²) in [5, 5.41) is 7.68. The van der Waals surface area contributed by atoms with Gasteiger partial charge in [0.2, 0.25) is 0 Å². The summed E-state index contributed by atoms with van der Waals surface area (Å²) in [5.74, 6) is 0. The topological polar surface area (TPSA) is 39.1 Å². The summed E-state index contributed by atoms with van der Waals surface area (Å²) in [6.45, 7) is 5.67. The number of ether oxygens (including phenoxy) is 1. The van der Waals surface area contributed by atoms with E-state index in [2.05, 4.69) is 23.5 Å². The highest BCUT2D eigenvalue weighted by Gasteiger charge is 2.14. The normalized spacial score (nSPS) is 21.6. The van der Waals surface area contributed by atoms with Crippen LogP contribution in [0.25, 0.3) is 0 Å².